The molecule has 1 heterocycles. The normalized spacial score (nSPS) is 22.4. The van der Waals surface area contributed by atoms with Crippen molar-refractivity contribution in [2.24, 2.45) is 0 Å². The van der Waals surface area contributed by atoms with Crippen molar-refractivity contribution in [2.45, 2.75) is 19.4 Å². The third-order valence-electron chi connectivity index (χ3n) is 2.69. The molecule has 0 N–H and O–H groups in total. The Labute approximate surface area is 95.8 Å². The summed E-state index contributed by atoms with van der Waals surface area (Å²) in [4.78, 5) is 5.22. The summed E-state index contributed by atoms with van der Waals surface area (Å²) in [6, 6.07) is 9.41. The molecule has 5 heteroatoms. The predicted octanol–water partition coefficient (Wildman–Crippen LogP) is 1.71. The van der Waals surface area contributed by atoms with E-state index in [1.807, 2.05) is 30.3 Å². The quantitative estimate of drug-likeness (QED) is 0.809. The lowest BCUT2D eigenvalue weighted by Gasteiger charge is -2.21. The summed E-state index contributed by atoms with van der Waals surface area (Å²) in [7, 11) is -3.28. The Hall–Kier alpha value is -0.910. The molecule has 0 aliphatic carbocycles. The molecule has 1 aromatic carbocycles. The van der Waals surface area contributed by atoms with Crippen molar-refractivity contribution in [3.63, 3.8) is 0 Å². The maximum absolute atomic E-state index is 11.8. The summed E-state index contributed by atoms with van der Waals surface area (Å²) in [5.41, 5.74) is 0.983. The molecule has 0 saturated carbocycles. The molecule has 0 bridgehead atoms. The van der Waals surface area contributed by atoms with Crippen molar-refractivity contribution in [2.75, 3.05) is 12.4 Å². The van der Waals surface area contributed by atoms with Crippen LogP contribution in [0.15, 0.2) is 30.3 Å². The SMILES string of the molecule is CCS(=O)(=O)N1OCC[C@H]1c1ccccc1. The van der Waals surface area contributed by atoms with Gasteiger partial charge < -0.3 is 0 Å². The van der Waals surface area contributed by atoms with E-state index < -0.39 is 10.0 Å². The van der Waals surface area contributed by atoms with E-state index in [1.165, 1.54) is 0 Å². The molecule has 4 nitrogen and oxygen atoms in total. The van der Waals surface area contributed by atoms with Crippen molar-refractivity contribution in [1.29, 1.82) is 0 Å². The van der Waals surface area contributed by atoms with Gasteiger partial charge in [0, 0.05) is 0 Å². The van der Waals surface area contributed by atoms with Crippen LogP contribution in [0.3, 0.4) is 0 Å². The third-order valence-corrected chi connectivity index (χ3v) is 4.33. The first-order valence-electron chi connectivity index (χ1n) is 5.35. The van der Waals surface area contributed by atoms with Crippen LogP contribution in [-0.4, -0.2) is 25.2 Å². The molecule has 16 heavy (non-hydrogen) atoms. The van der Waals surface area contributed by atoms with Crippen molar-refractivity contribution in [3.05, 3.63) is 35.9 Å². The van der Waals surface area contributed by atoms with Crippen LogP contribution in [0.1, 0.15) is 24.9 Å². The number of sulfonamides is 1. The highest BCUT2D eigenvalue weighted by atomic mass is 32.2. The summed E-state index contributed by atoms with van der Waals surface area (Å²) in [5, 5.41) is 0. The van der Waals surface area contributed by atoms with Crippen LogP contribution in [-0.2, 0) is 14.9 Å². The Morgan fingerprint density at radius 2 is 2.06 bits per heavy atom. The third kappa shape index (κ3) is 2.11. The Kier molecular flexibility index (Phi) is 3.28. The minimum atomic E-state index is -3.28. The molecule has 1 saturated heterocycles. The van der Waals surface area contributed by atoms with Crippen molar-refractivity contribution in [3.8, 4) is 0 Å². The topological polar surface area (TPSA) is 46.6 Å². The van der Waals surface area contributed by atoms with Crippen LogP contribution >= 0.6 is 0 Å². The molecule has 1 fully saturated rings. The van der Waals surface area contributed by atoms with Gasteiger partial charge in [-0.1, -0.05) is 34.8 Å². The van der Waals surface area contributed by atoms with E-state index in [0.29, 0.717) is 13.0 Å². The van der Waals surface area contributed by atoms with E-state index in [9.17, 15) is 8.42 Å². The fourth-order valence-corrected chi connectivity index (χ4v) is 2.92. The summed E-state index contributed by atoms with van der Waals surface area (Å²) in [5.74, 6) is 0.0658. The second-order valence-corrected chi connectivity index (χ2v) is 5.81. The molecular weight excluding hydrogens is 226 g/mol. The Balaban J connectivity index is 2.29. The lowest BCUT2D eigenvalue weighted by atomic mass is 10.1. The molecule has 0 radical (unpaired) electrons. The second kappa shape index (κ2) is 4.53. The maximum Gasteiger partial charge on any atom is 0.236 e. The molecule has 88 valence electrons. The average Bonchev–Trinajstić information content (AvgIpc) is 2.80. The summed E-state index contributed by atoms with van der Waals surface area (Å²) in [6.45, 7) is 2.08. The molecule has 1 aliphatic heterocycles. The fraction of sp³-hybridized carbons (Fsp3) is 0.455. The molecular formula is C11H15NO3S. The number of hydrogen-bond acceptors (Lipinski definition) is 3. The monoisotopic (exact) mass is 241 g/mol. The van der Waals surface area contributed by atoms with Crippen LogP contribution in [0.4, 0.5) is 0 Å². The van der Waals surface area contributed by atoms with Crippen molar-refractivity contribution >= 4 is 10.0 Å². The smallest absolute Gasteiger partial charge is 0.236 e. The van der Waals surface area contributed by atoms with Gasteiger partial charge in [0.1, 0.15) is 0 Å². The number of rotatable bonds is 3. The first-order chi connectivity index (χ1) is 7.65. The first-order valence-corrected chi connectivity index (χ1v) is 6.96. The van der Waals surface area contributed by atoms with Gasteiger partial charge in [0.2, 0.25) is 10.0 Å². The minimum Gasteiger partial charge on any atom is -0.284 e. The van der Waals surface area contributed by atoms with E-state index in [0.717, 1.165) is 10.0 Å². The Morgan fingerprint density at radius 3 is 2.69 bits per heavy atom. The maximum atomic E-state index is 11.8. The molecule has 0 amide bonds. The molecule has 0 spiro atoms. The van der Waals surface area contributed by atoms with Crippen molar-refractivity contribution < 1.29 is 13.3 Å². The molecule has 1 atom stereocenters. The van der Waals surface area contributed by atoms with E-state index in [1.54, 1.807) is 6.92 Å². The zero-order chi connectivity index (χ0) is 11.6. The number of nitrogens with zero attached hydrogens (tertiary/aromatic N) is 1. The van der Waals surface area contributed by atoms with Gasteiger partial charge in [-0.25, -0.2) is 8.42 Å². The second-order valence-electron chi connectivity index (χ2n) is 3.70. The van der Waals surface area contributed by atoms with Crippen LogP contribution in [0.5, 0.6) is 0 Å². The van der Waals surface area contributed by atoms with Gasteiger partial charge in [0.05, 0.1) is 18.4 Å². The van der Waals surface area contributed by atoms with E-state index in [4.69, 9.17) is 4.84 Å². The lowest BCUT2D eigenvalue weighted by molar-refractivity contribution is -0.0497. The van der Waals surface area contributed by atoms with Gasteiger partial charge in [-0.2, -0.15) is 0 Å². The largest absolute Gasteiger partial charge is 0.284 e. The van der Waals surface area contributed by atoms with Gasteiger partial charge in [0.25, 0.3) is 0 Å². The Bertz CT molecular complexity index is 444. The zero-order valence-electron chi connectivity index (χ0n) is 9.17. The van der Waals surface area contributed by atoms with Gasteiger partial charge in [-0.15, -0.1) is 0 Å². The summed E-state index contributed by atoms with van der Waals surface area (Å²) < 4.78 is 24.7. The van der Waals surface area contributed by atoms with Crippen LogP contribution in [0.2, 0.25) is 0 Å². The van der Waals surface area contributed by atoms with Crippen LogP contribution in [0.25, 0.3) is 0 Å². The fourth-order valence-electron chi connectivity index (χ4n) is 1.81. The van der Waals surface area contributed by atoms with E-state index in [2.05, 4.69) is 0 Å². The van der Waals surface area contributed by atoms with Gasteiger partial charge in [-0.05, 0) is 18.9 Å². The highest BCUT2D eigenvalue weighted by Gasteiger charge is 2.35. The molecule has 0 unspecified atom stereocenters. The van der Waals surface area contributed by atoms with Crippen LogP contribution < -0.4 is 0 Å². The highest BCUT2D eigenvalue weighted by molar-refractivity contribution is 7.88. The predicted molar refractivity (Wildman–Crippen MR) is 61.1 cm³/mol. The minimum absolute atomic E-state index is 0.0658. The van der Waals surface area contributed by atoms with E-state index >= 15 is 0 Å². The van der Waals surface area contributed by atoms with Gasteiger partial charge in [0.15, 0.2) is 0 Å². The number of hydroxylamine groups is 1. The highest BCUT2D eigenvalue weighted by Crippen LogP contribution is 2.32. The summed E-state index contributed by atoms with van der Waals surface area (Å²) in [6.07, 6.45) is 0.712. The van der Waals surface area contributed by atoms with E-state index in [-0.39, 0.29) is 11.8 Å². The number of benzene rings is 1. The molecule has 0 aromatic heterocycles. The molecule has 2 rings (SSSR count). The zero-order valence-corrected chi connectivity index (χ0v) is 9.98. The molecule has 1 aliphatic rings. The first kappa shape index (κ1) is 11.6. The summed E-state index contributed by atoms with van der Waals surface area (Å²) >= 11 is 0. The average molecular weight is 241 g/mol. The standard InChI is InChI=1S/C11H15NO3S/c1-2-16(13,14)12-11(8-9-15-12)10-6-4-3-5-7-10/h3-7,11H,2,8-9H2,1H3/t11-/m0/s1. The Morgan fingerprint density at radius 1 is 1.38 bits per heavy atom. The molecule has 1 aromatic rings. The lowest BCUT2D eigenvalue weighted by Crippen LogP contribution is -2.30. The van der Waals surface area contributed by atoms with Gasteiger partial charge in [-0.3, -0.25) is 4.84 Å². The van der Waals surface area contributed by atoms with Crippen LogP contribution in [0, 0.1) is 0 Å². The van der Waals surface area contributed by atoms with Gasteiger partial charge >= 0.3 is 0 Å². The van der Waals surface area contributed by atoms with Crippen molar-refractivity contribution in [1.82, 2.24) is 4.47 Å². The number of hydrogen-bond donors (Lipinski definition) is 0.